The van der Waals surface area contributed by atoms with Crippen LogP contribution in [0.2, 0.25) is 0 Å². The van der Waals surface area contributed by atoms with Crippen LogP contribution in [0.5, 0.6) is 0 Å². The summed E-state index contributed by atoms with van der Waals surface area (Å²) in [4.78, 5) is 4.48. The van der Waals surface area contributed by atoms with Gasteiger partial charge in [0, 0.05) is 18.1 Å². The van der Waals surface area contributed by atoms with Crippen molar-refractivity contribution in [2.45, 2.75) is 38.3 Å². The van der Waals surface area contributed by atoms with Crippen LogP contribution in [-0.4, -0.2) is 14.8 Å². The highest BCUT2D eigenvalue weighted by molar-refractivity contribution is 5.75. The highest BCUT2D eigenvalue weighted by Gasteiger charge is 2.19. The highest BCUT2D eigenvalue weighted by atomic mass is 15.3. The topological polar surface area (TPSA) is 56.7 Å². The molecule has 1 saturated carbocycles. The smallest absolute Gasteiger partial charge is 0.157 e. The van der Waals surface area contributed by atoms with Crippen LogP contribution in [0.15, 0.2) is 18.5 Å². The van der Waals surface area contributed by atoms with Gasteiger partial charge in [-0.1, -0.05) is 12.8 Å². The Morgan fingerprint density at radius 1 is 1.31 bits per heavy atom. The number of rotatable bonds is 2. The van der Waals surface area contributed by atoms with E-state index in [1.165, 1.54) is 25.7 Å². The third kappa shape index (κ3) is 1.50. The molecule has 84 valence electrons. The molecule has 2 heterocycles. The molecule has 1 aliphatic carbocycles. The zero-order valence-corrected chi connectivity index (χ0v) is 9.26. The van der Waals surface area contributed by atoms with E-state index in [-0.39, 0.29) is 0 Å². The molecule has 2 aromatic heterocycles. The van der Waals surface area contributed by atoms with Gasteiger partial charge in [0.2, 0.25) is 0 Å². The molecule has 1 fully saturated rings. The Labute approximate surface area is 94.5 Å². The van der Waals surface area contributed by atoms with Gasteiger partial charge < -0.3 is 5.73 Å². The molecule has 0 amide bonds. The molecular weight excluding hydrogens is 200 g/mol. The highest BCUT2D eigenvalue weighted by Crippen LogP contribution is 2.30. The maximum Gasteiger partial charge on any atom is 0.157 e. The minimum atomic E-state index is 0.539. The Hall–Kier alpha value is -1.42. The van der Waals surface area contributed by atoms with Crippen molar-refractivity contribution >= 4 is 11.0 Å². The number of nitrogens with two attached hydrogens (primary N) is 1. The largest absolute Gasteiger partial charge is 0.326 e. The molecule has 2 aromatic rings. The van der Waals surface area contributed by atoms with Gasteiger partial charge in [0.25, 0.3) is 0 Å². The van der Waals surface area contributed by atoms with Gasteiger partial charge in [0.15, 0.2) is 5.65 Å². The van der Waals surface area contributed by atoms with Crippen LogP contribution in [0.4, 0.5) is 0 Å². The van der Waals surface area contributed by atoms with Gasteiger partial charge in [0.1, 0.15) is 0 Å². The Bertz CT molecular complexity index is 497. The zero-order chi connectivity index (χ0) is 11.0. The summed E-state index contributed by atoms with van der Waals surface area (Å²) in [5.74, 6) is 0. The van der Waals surface area contributed by atoms with Crippen LogP contribution in [0.3, 0.4) is 0 Å². The van der Waals surface area contributed by atoms with Gasteiger partial charge in [-0.05, 0) is 24.5 Å². The summed E-state index contributed by atoms with van der Waals surface area (Å²) >= 11 is 0. The van der Waals surface area contributed by atoms with Crippen molar-refractivity contribution in [3.05, 3.63) is 24.0 Å². The van der Waals surface area contributed by atoms with Crippen molar-refractivity contribution in [2.75, 3.05) is 0 Å². The Morgan fingerprint density at radius 3 is 2.88 bits per heavy atom. The quantitative estimate of drug-likeness (QED) is 0.835. The lowest BCUT2D eigenvalue weighted by atomic mass is 10.2. The summed E-state index contributed by atoms with van der Waals surface area (Å²) in [6.07, 6.45) is 8.85. The number of fused-ring (bicyclic) bond motifs is 1. The number of hydrogen-bond donors (Lipinski definition) is 1. The summed E-state index contributed by atoms with van der Waals surface area (Å²) < 4.78 is 2.09. The van der Waals surface area contributed by atoms with E-state index in [9.17, 15) is 0 Å². The van der Waals surface area contributed by atoms with Crippen LogP contribution < -0.4 is 5.73 Å². The predicted molar refractivity (Wildman–Crippen MR) is 62.9 cm³/mol. The number of hydrogen-bond acceptors (Lipinski definition) is 3. The summed E-state index contributed by atoms with van der Waals surface area (Å²) in [5.41, 5.74) is 7.67. The molecule has 1 aliphatic rings. The van der Waals surface area contributed by atoms with Crippen LogP contribution in [-0.2, 0) is 6.54 Å². The SMILES string of the molecule is NCc1cnc2c(cnn2C2CCCC2)c1. The first-order valence-corrected chi connectivity index (χ1v) is 5.90. The molecule has 16 heavy (non-hydrogen) atoms. The van der Waals surface area contributed by atoms with Crippen LogP contribution in [0.25, 0.3) is 11.0 Å². The minimum absolute atomic E-state index is 0.539. The number of nitrogens with zero attached hydrogens (tertiary/aromatic N) is 3. The van der Waals surface area contributed by atoms with Gasteiger partial charge >= 0.3 is 0 Å². The lowest BCUT2D eigenvalue weighted by Crippen LogP contribution is -2.07. The Morgan fingerprint density at radius 2 is 2.12 bits per heavy atom. The first-order chi connectivity index (χ1) is 7.88. The molecule has 0 atom stereocenters. The van der Waals surface area contributed by atoms with Gasteiger partial charge in [-0.2, -0.15) is 5.10 Å². The van der Waals surface area contributed by atoms with Crippen molar-refractivity contribution in [2.24, 2.45) is 5.73 Å². The second-order valence-electron chi connectivity index (χ2n) is 4.49. The van der Waals surface area contributed by atoms with Gasteiger partial charge in [-0.25, -0.2) is 9.67 Å². The second kappa shape index (κ2) is 3.87. The van der Waals surface area contributed by atoms with E-state index in [1.54, 1.807) is 0 Å². The zero-order valence-electron chi connectivity index (χ0n) is 9.26. The van der Waals surface area contributed by atoms with Crippen molar-refractivity contribution in [3.8, 4) is 0 Å². The van der Waals surface area contributed by atoms with Crippen LogP contribution in [0.1, 0.15) is 37.3 Å². The Balaban J connectivity index is 2.06. The summed E-state index contributed by atoms with van der Waals surface area (Å²) in [7, 11) is 0. The fourth-order valence-corrected chi connectivity index (χ4v) is 2.51. The van der Waals surface area contributed by atoms with Crippen LogP contribution in [0, 0.1) is 0 Å². The second-order valence-corrected chi connectivity index (χ2v) is 4.49. The molecule has 0 bridgehead atoms. The first kappa shape index (κ1) is 9.78. The average molecular weight is 216 g/mol. The minimum Gasteiger partial charge on any atom is -0.326 e. The van der Waals surface area contributed by atoms with Crippen molar-refractivity contribution in [1.29, 1.82) is 0 Å². The fraction of sp³-hybridized carbons (Fsp3) is 0.500. The summed E-state index contributed by atoms with van der Waals surface area (Å²) in [6, 6.07) is 2.63. The van der Waals surface area contributed by atoms with E-state index >= 15 is 0 Å². The fourth-order valence-electron chi connectivity index (χ4n) is 2.51. The molecule has 0 spiro atoms. The molecule has 0 saturated heterocycles. The van der Waals surface area contributed by atoms with Crippen LogP contribution >= 0.6 is 0 Å². The lowest BCUT2D eigenvalue weighted by Gasteiger charge is -2.10. The molecule has 2 N–H and O–H groups in total. The number of aromatic nitrogens is 3. The van der Waals surface area contributed by atoms with E-state index in [2.05, 4.69) is 20.8 Å². The number of pyridine rings is 1. The van der Waals surface area contributed by atoms with Crippen molar-refractivity contribution in [1.82, 2.24) is 14.8 Å². The maximum absolute atomic E-state index is 5.60. The van der Waals surface area contributed by atoms with Gasteiger partial charge in [-0.3, -0.25) is 0 Å². The van der Waals surface area contributed by atoms with Crippen molar-refractivity contribution < 1.29 is 0 Å². The van der Waals surface area contributed by atoms with Gasteiger partial charge in [0.05, 0.1) is 12.2 Å². The predicted octanol–water partition coefficient (Wildman–Crippen LogP) is 2.01. The average Bonchev–Trinajstić information content (AvgIpc) is 2.96. The monoisotopic (exact) mass is 216 g/mol. The normalized spacial score (nSPS) is 17.3. The molecule has 4 heteroatoms. The standard InChI is InChI=1S/C12H16N4/c13-6-9-5-10-8-15-16(12(10)14-7-9)11-3-1-2-4-11/h5,7-8,11H,1-4,6,13H2. The van der Waals surface area contributed by atoms with Gasteiger partial charge in [-0.15, -0.1) is 0 Å². The van der Waals surface area contributed by atoms with E-state index < -0.39 is 0 Å². The maximum atomic E-state index is 5.60. The first-order valence-electron chi connectivity index (χ1n) is 5.90. The third-order valence-electron chi connectivity index (χ3n) is 3.40. The lowest BCUT2D eigenvalue weighted by molar-refractivity contribution is 0.478. The van der Waals surface area contributed by atoms with E-state index in [0.29, 0.717) is 12.6 Å². The Kier molecular flexibility index (Phi) is 2.36. The molecular formula is C12H16N4. The van der Waals surface area contributed by atoms with Crippen molar-refractivity contribution in [3.63, 3.8) is 0 Å². The molecule has 0 aromatic carbocycles. The third-order valence-corrected chi connectivity index (χ3v) is 3.40. The van der Waals surface area contributed by atoms with E-state index in [4.69, 9.17) is 5.73 Å². The molecule has 3 rings (SSSR count). The molecule has 0 aliphatic heterocycles. The summed E-state index contributed by atoms with van der Waals surface area (Å²) in [6.45, 7) is 0.539. The van der Waals surface area contributed by atoms with E-state index in [1.807, 2.05) is 12.4 Å². The molecule has 0 unspecified atom stereocenters. The summed E-state index contributed by atoms with van der Waals surface area (Å²) in [5, 5.41) is 5.57. The molecule has 0 radical (unpaired) electrons. The molecule has 4 nitrogen and oxygen atoms in total. The van der Waals surface area contributed by atoms with E-state index in [0.717, 1.165) is 16.6 Å².